The number of carboxylic acid groups (broad SMARTS) is 1. The van der Waals surface area contributed by atoms with Gasteiger partial charge < -0.3 is 30.2 Å². The molecule has 1 unspecified atom stereocenters. The third-order valence-corrected chi connectivity index (χ3v) is 6.98. The van der Waals surface area contributed by atoms with Crippen molar-refractivity contribution in [3.63, 3.8) is 0 Å². The minimum absolute atomic E-state index is 0.0442. The molecule has 1 atom stereocenters. The van der Waals surface area contributed by atoms with Gasteiger partial charge in [0, 0.05) is 17.0 Å². The monoisotopic (exact) mass is 496 g/mol. The Bertz CT molecular complexity index is 1500. The zero-order valence-electron chi connectivity index (χ0n) is 19.8. The van der Waals surface area contributed by atoms with E-state index in [1.54, 1.807) is 19.9 Å². The summed E-state index contributed by atoms with van der Waals surface area (Å²) in [5.74, 6) is -0.696. The number of benzene rings is 1. The van der Waals surface area contributed by atoms with E-state index in [-0.39, 0.29) is 49.3 Å². The number of rotatable bonds is 6. The highest BCUT2D eigenvalue weighted by atomic mass is 19.1. The van der Waals surface area contributed by atoms with Crippen molar-refractivity contribution in [3.8, 4) is 11.4 Å². The minimum Gasteiger partial charge on any atom is -0.450 e. The van der Waals surface area contributed by atoms with Gasteiger partial charge in [-0.05, 0) is 55.0 Å². The molecule has 4 N–H and O–H groups in total. The van der Waals surface area contributed by atoms with Gasteiger partial charge in [-0.2, -0.15) is 0 Å². The van der Waals surface area contributed by atoms with Crippen LogP contribution in [0.2, 0.25) is 0 Å². The fourth-order valence-corrected chi connectivity index (χ4v) is 5.19. The highest BCUT2D eigenvalue weighted by Crippen LogP contribution is 2.45. The van der Waals surface area contributed by atoms with Gasteiger partial charge in [0.2, 0.25) is 5.91 Å². The van der Waals surface area contributed by atoms with Crippen LogP contribution in [0, 0.1) is 19.7 Å². The maximum atomic E-state index is 14.8. The number of carbonyl (C=O) groups excluding carboxylic acids is 1. The van der Waals surface area contributed by atoms with Crippen LogP contribution in [0.1, 0.15) is 45.9 Å². The number of hydrogen-bond donors (Lipinski definition) is 3. The summed E-state index contributed by atoms with van der Waals surface area (Å²) in [6, 6.07) is 3.17. The van der Waals surface area contributed by atoms with Gasteiger partial charge in [-0.25, -0.2) is 14.2 Å². The first kappa shape index (κ1) is 23.9. The Morgan fingerprint density at radius 3 is 2.81 bits per heavy atom. The molecule has 188 valence electrons. The van der Waals surface area contributed by atoms with E-state index in [9.17, 15) is 18.8 Å². The molecule has 0 fully saturated rings. The second-order valence-corrected chi connectivity index (χ2v) is 8.99. The number of nitrogens with zero attached hydrogens (tertiary/aromatic N) is 2. The SMILES string of the molecule is Cc1cc2n(c(=O)c1COC(=O)O)Cc1c-2nc2cc(F)c(C)c3c2c1C(OCNC(=O)CN)CC3. The predicted octanol–water partition coefficient (Wildman–Crippen LogP) is 2.41. The van der Waals surface area contributed by atoms with E-state index >= 15 is 0 Å². The Hall–Kier alpha value is -3.83. The maximum Gasteiger partial charge on any atom is 0.506 e. The van der Waals surface area contributed by atoms with Crippen LogP contribution in [0.15, 0.2) is 16.9 Å². The van der Waals surface area contributed by atoms with Crippen LogP contribution in [0.4, 0.5) is 9.18 Å². The van der Waals surface area contributed by atoms with Crippen molar-refractivity contribution >= 4 is 23.0 Å². The van der Waals surface area contributed by atoms with E-state index in [1.807, 2.05) is 0 Å². The summed E-state index contributed by atoms with van der Waals surface area (Å²) in [7, 11) is 0. The van der Waals surface area contributed by atoms with Gasteiger partial charge in [0.05, 0.1) is 41.7 Å². The van der Waals surface area contributed by atoms with Crippen molar-refractivity contribution < 1.29 is 28.6 Å². The molecule has 36 heavy (non-hydrogen) atoms. The molecule has 0 bridgehead atoms. The summed E-state index contributed by atoms with van der Waals surface area (Å²) in [6.07, 6.45) is -0.748. The second-order valence-electron chi connectivity index (χ2n) is 8.99. The zero-order chi connectivity index (χ0) is 25.7. The van der Waals surface area contributed by atoms with Gasteiger partial charge in [0.15, 0.2) is 0 Å². The quantitative estimate of drug-likeness (QED) is 0.273. The number of nitrogens with two attached hydrogens (primary N) is 1. The molecular weight excluding hydrogens is 471 g/mol. The number of pyridine rings is 2. The molecule has 10 nitrogen and oxygen atoms in total. The van der Waals surface area contributed by atoms with Gasteiger partial charge in [0.1, 0.15) is 19.2 Å². The standard InChI is InChI=1S/C25H25FN4O6/c1-11-5-18-23-14(8-30(18)24(32)15(11)9-35-25(33)34)22-19(36-10-28-20(31)7-27)4-3-13-12(2)16(26)6-17(29-23)21(13)22/h5-6,19H,3-4,7-10,27H2,1-2H3,(H,28,31)(H,33,34). The molecule has 3 heterocycles. The third-order valence-electron chi connectivity index (χ3n) is 6.98. The molecule has 11 heteroatoms. The first-order chi connectivity index (χ1) is 17.2. The third kappa shape index (κ3) is 3.80. The Morgan fingerprint density at radius 1 is 1.31 bits per heavy atom. The summed E-state index contributed by atoms with van der Waals surface area (Å²) >= 11 is 0. The minimum atomic E-state index is -1.47. The van der Waals surface area contributed by atoms with Crippen LogP contribution in [0.5, 0.6) is 0 Å². The molecule has 0 spiro atoms. The molecule has 0 saturated carbocycles. The van der Waals surface area contributed by atoms with E-state index in [0.717, 1.165) is 22.1 Å². The molecule has 0 radical (unpaired) electrons. The fourth-order valence-electron chi connectivity index (χ4n) is 5.19. The second kappa shape index (κ2) is 8.99. The van der Waals surface area contributed by atoms with E-state index in [1.165, 1.54) is 10.6 Å². The Balaban J connectivity index is 1.67. The molecule has 1 aliphatic carbocycles. The average molecular weight is 496 g/mol. The van der Waals surface area contributed by atoms with Gasteiger partial charge >= 0.3 is 6.16 Å². The highest BCUT2D eigenvalue weighted by Gasteiger charge is 2.34. The van der Waals surface area contributed by atoms with Crippen molar-refractivity contribution in [2.45, 2.75) is 45.9 Å². The van der Waals surface area contributed by atoms with Crippen LogP contribution in [0.3, 0.4) is 0 Å². The zero-order valence-corrected chi connectivity index (χ0v) is 19.8. The van der Waals surface area contributed by atoms with Crippen LogP contribution in [-0.2, 0) is 33.8 Å². The number of aromatic nitrogens is 2. The molecule has 0 saturated heterocycles. The predicted molar refractivity (Wildman–Crippen MR) is 127 cm³/mol. The lowest BCUT2D eigenvalue weighted by Crippen LogP contribution is -2.33. The molecule has 1 amide bonds. The lowest BCUT2D eigenvalue weighted by molar-refractivity contribution is -0.122. The van der Waals surface area contributed by atoms with Gasteiger partial charge in [0.25, 0.3) is 5.56 Å². The summed E-state index contributed by atoms with van der Waals surface area (Å²) in [5.41, 5.74) is 10.4. The Kier molecular flexibility index (Phi) is 5.97. The van der Waals surface area contributed by atoms with E-state index in [4.69, 9.17) is 20.6 Å². The number of amides is 1. The summed E-state index contributed by atoms with van der Waals surface area (Å²) < 4.78 is 27.1. The van der Waals surface area contributed by atoms with Crippen LogP contribution in [0.25, 0.3) is 22.3 Å². The number of ether oxygens (including phenoxy) is 2. The number of nitrogens with one attached hydrogen (secondary N) is 1. The molecule has 1 aromatic carbocycles. The number of carbonyl (C=O) groups is 2. The van der Waals surface area contributed by atoms with Crippen LogP contribution < -0.4 is 16.6 Å². The smallest absolute Gasteiger partial charge is 0.450 e. The fraction of sp³-hybridized carbons (Fsp3) is 0.360. The van der Waals surface area contributed by atoms with Crippen molar-refractivity contribution in [1.29, 1.82) is 0 Å². The number of fused-ring (bicyclic) bond motifs is 4. The Morgan fingerprint density at radius 2 is 2.08 bits per heavy atom. The lowest BCUT2D eigenvalue weighted by atomic mass is 9.83. The number of halogens is 1. The first-order valence-corrected chi connectivity index (χ1v) is 11.5. The largest absolute Gasteiger partial charge is 0.506 e. The molecular formula is C25H25FN4O6. The molecule has 5 rings (SSSR count). The molecule has 2 aliphatic rings. The molecule has 2 aromatic heterocycles. The average Bonchev–Trinajstić information content (AvgIpc) is 3.20. The normalized spacial score (nSPS) is 15.5. The maximum absolute atomic E-state index is 14.8. The number of hydrogen-bond acceptors (Lipinski definition) is 7. The van der Waals surface area contributed by atoms with E-state index in [2.05, 4.69) is 10.1 Å². The molecule has 3 aromatic rings. The van der Waals surface area contributed by atoms with Crippen molar-refractivity contribution in [2.24, 2.45) is 5.73 Å². The van der Waals surface area contributed by atoms with Gasteiger partial charge in [-0.3, -0.25) is 9.59 Å². The van der Waals surface area contributed by atoms with E-state index < -0.39 is 12.3 Å². The highest BCUT2D eigenvalue weighted by molar-refractivity contribution is 5.92. The van der Waals surface area contributed by atoms with Gasteiger partial charge in [-0.15, -0.1) is 0 Å². The lowest BCUT2D eigenvalue weighted by Gasteiger charge is -2.29. The van der Waals surface area contributed by atoms with Crippen LogP contribution >= 0.6 is 0 Å². The summed E-state index contributed by atoms with van der Waals surface area (Å²) in [4.78, 5) is 40.6. The topological polar surface area (TPSA) is 146 Å². The summed E-state index contributed by atoms with van der Waals surface area (Å²) in [5, 5.41) is 12.3. The van der Waals surface area contributed by atoms with Crippen LogP contribution in [-0.4, -0.2) is 40.0 Å². The van der Waals surface area contributed by atoms with Gasteiger partial charge in [-0.1, -0.05) is 0 Å². The summed E-state index contributed by atoms with van der Waals surface area (Å²) in [6.45, 7) is 3.08. The number of aryl methyl sites for hydroxylation is 2. The first-order valence-electron chi connectivity index (χ1n) is 11.5. The van der Waals surface area contributed by atoms with E-state index in [0.29, 0.717) is 40.9 Å². The van der Waals surface area contributed by atoms with Crippen molar-refractivity contribution in [3.05, 3.63) is 61.7 Å². The molecule has 1 aliphatic heterocycles. The van der Waals surface area contributed by atoms with Crippen molar-refractivity contribution in [1.82, 2.24) is 14.9 Å². The van der Waals surface area contributed by atoms with Crippen molar-refractivity contribution in [2.75, 3.05) is 13.3 Å². The Labute approximate surface area is 204 Å².